The number of aryl methyl sites for hydroxylation is 2. The van der Waals surface area contributed by atoms with E-state index in [4.69, 9.17) is 4.74 Å². The van der Waals surface area contributed by atoms with Crippen molar-refractivity contribution in [1.29, 1.82) is 0 Å². The maximum Gasteiger partial charge on any atom is 0.341 e. The number of benzene rings is 2. The molecule has 1 N–H and O–H groups in total. The number of hydrogen-bond donors (Lipinski definition) is 1. The normalized spacial score (nSPS) is 10.8. The molecule has 0 radical (unpaired) electrons. The van der Waals surface area contributed by atoms with E-state index in [0.717, 1.165) is 28.2 Å². The Hall–Kier alpha value is -3.43. The number of nitrogens with one attached hydrogen (secondary N) is 1. The van der Waals surface area contributed by atoms with Crippen LogP contribution in [0.5, 0.6) is 0 Å². The van der Waals surface area contributed by atoms with Crippen molar-refractivity contribution in [2.45, 2.75) is 19.0 Å². The number of carbonyl (C=O) groups excluding carboxylic acids is 2. The summed E-state index contributed by atoms with van der Waals surface area (Å²) >= 11 is 2.58. The lowest BCUT2D eigenvalue weighted by Crippen LogP contribution is -2.16. The second-order valence-corrected chi connectivity index (χ2v) is 9.07. The standard InChI is InChI=1S/C24H22N4O3S2/c1-15-9-11-17(12-10-15)19-13-32-22(21(19)23(30)31-3)25-20(29)14-33-24-27-26-16(2)28(24)18-7-5-4-6-8-18/h4-13H,14H2,1-3H3,(H,25,29). The quantitative estimate of drug-likeness (QED) is 0.293. The molecule has 0 unspecified atom stereocenters. The number of rotatable bonds is 7. The number of thiophene rings is 1. The third kappa shape index (κ3) is 4.99. The van der Waals surface area contributed by atoms with Crippen molar-refractivity contribution in [3.05, 3.63) is 76.9 Å². The summed E-state index contributed by atoms with van der Waals surface area (Å²) in [5, 5.41) is 14.2. The minimum Gasteiger partial charge on any atom is -0.465 e. The minimum atomic E-state index is -0.491. The first-order chi connectivity index (χ1) is 16.0. The van der Waals surface area contributed by atoms with Crippen LogP contribution in [-0.2, 0) is 9.53 Å². The second-order valence-electron chi connectivity index (χ2n) is 7.25. The van der Waals surface area contributed by atoms with Crippen molar-refractivity contribution in [3.63, 3.8) is 0 Å². The molecule has 0 aliphatic rings. The Morgan fingerprint density at radius 2 is 1.79 bits per heavy atom. The topological polar surface area (TPSA) is 86.1 Å². The maximum atomic E-state index is 12.8. The smallest absolute Gasteiger partial charge is 0.341 e. The summed E-state index contributed by atoms with van der Waals surface area (Å²) in [7, 11) is 1.33. The van der Waals surface area contributed by atoms with E-state index >= 15 is 0 Å². The van der Waals surface area contributed by atoms with Crippen molar-refractivity contribution in [3.8, 4) is 16.8 Å². The summed E-state index contributed by atoms with van der Waals surface area (Å²) in [6.45, 7) is 3.87. The van der Waals surface area contributed by atoms with Gasteiger partial charge in [0.25, 0.3) is 0 Å². The number of carbonyl (C=O) groups is 2. The first-order valence-corrected chi connectivity index (χ1v) is 12.0. The number of esters is 1. The van der Waals surface area contributed by atoms with Crippen LogP contribution in [0.1, 0.15) is 21.7 Å². The van der Waals surface area contributed by atoms with Crippen LogP contribution in [0.2, 0.25) is 0 Å². The summed E-state index contributed by atoms with van der Waals surface area (Å²) in [5.74, 6) is 0.110. The molecule has 0 saturated heterocycles. The number of methoxy groups -OCH3 is 1. The molecule has 4 aromatic rings. The average molecular weight is 479 g/mol. The van der Waals surface area contributed by atoms with E-state index in [1.54, 1.807) is 0 Å². The van der Waals surface area contributed by atoms with Gasteiger partial charge in [-0.25, -0.2) is 4.79 Å². The van der Waals surface area contributed by atoms with Crippen LogP contribution in [0.25, 0.3) is 16.8 Å². The van der Waals surface area contributed by atoms with Gasteiger partial charge in [-0.2, -0.15) is 0 Å². The van der Waals surface area contributed by atoms with Gasteiger partial charge in [0.15, 0.2) is 5.16 Å². The second kappa shape index (κ2) is 10.0. The minimum absolute atomic E-state index is 0.114. The lowest BCUT2D eigenvalue weighted by molar-refractivity contribution is -0.113. The van der Waals surface area contributed by atoms with Crippen LogP contribution in [0.3, 0.4) is 0 Å². The molecular formula is C24H22N4O3S2. The monoisotopic (exact) mass is 478 g/mol. The highest BCUT2D eigenvalue weighted by Crippen LogP contribution is 2.36. The fraction of sp³-hybridized carbons (Fsp3) is 0.167. The van der Waals surface area contributed by atoms with Gasteiger partial charge in [0.1, 0.15) is 16.4 Å². The Balaban J connectivity index is 1.52. The number of hydrogen-bond acceptors (Lipinski definition) is 7. The summed E-state index contributed by atoms with van der Waals surface area (Å²) in [6, 6.07) is 17.6. The van der Waals surface area contributed by atoms with E-state index in [1.807, 2.05) is 78.4 Å². The molecule has 2 aromatic carbocycles. The highest BCUT2D eigenvalue weighted by Gasteiger charge is 2.23. The first kappa shape index (κ1) is 22.8. The fourth-order valence-electron chi connectivity index (χ4n) is 3.30. The van der Waals surface area contributed by atoms with Crippen LogP contribution in [0.4, 0.5) is 5.00 Å². The van der Waals surface area contributed by atoms with Crippen LogP contribution in [0, 0.1) is 13.8 Å². The lowest BCUT2D eigenvalue weighted by Gasteiger charge is -2.09. The van der Waals surface area contributed by atoms with Gasteiger partial charge in [0.05, 0.1) is 12.9 Å². The van der Waals surface area contributed by atoms with Gasteiger partial charge in [-0.15, -0.1) is 21.5 Å². The van der Waals surface area contributed by atoms with Crippen molar-refractivity contribution in [2.24, 2.45) is 0 Å². The number of anilines is 1. The number of para-hydroxylation sites is 1. The predicted octanol–water partition coefficient (Wildman–Crippen LogP) is 5.13. The maximum absolute atomic E-state index is 12.8. The van der Waals surface area contributed by atoms with E-state index in [1.165, 1.54) is 30.2 Å². The Kier molecular flexibility index (Phi) is 6.90. The van der Waals surface area contributed by atoms with Crippen molar-refractivity contribution in [2.75, 3.05) is 18.2 Å². The van der Waals surface area contributed by atoms with Gasteiger partial charge in [0.2, 0.25) is 5.91 Å². The van der Waals surface area contributed by atoms with Gasteiger partial charge >= 0.3 is 5.97 Å². The molecule has 2 heterocycles. The third-order valence-corrected chi connectivity index (χ3v) is 6.76. The third-order valence-electron chi connectivity index (χ3n) is 4.94. The van der Waals surface area contributed by atoms with Gasteiger partial charge < -0.3 is 10.1 Å². The molecule has 4 rings (SSSR count). The molecule has 0 spiro atoms. The van der Waals surface area contributed by atoms with Gasteiger partial charge in [-0.05, 0) is 31.5 Å². The lowest BCUT2D eigenvalue weighted by atomic mass is 10.0. The van der Waals surface area contributed by atoms with Crippen molar-refractivity contribution in [1.82, 2.24) is 14.8 Å². The zero-order valence-electron chi connectivity index (χ0n) is 18.4. The molecule has 0 atom stereocenters. The van der Waals surface area contributed by atoms with E-state index in [0.29, 0.717) is 15.7 Å². The molecular weight excluding hydrogens is 456 g/mol. The number of nitrogens with zero attached hydrogens (tertiary/aromatic N) is 3. The summed E-state index contributed by atoms with van der Waals surface area (Å²) in [4.78, 5) is 25.3. The summed E-state index contributed by atoms with van der Waals surface area (Å²) < 4.78 is 6.89. The molecule has 7 nitrogen and oxygen atoms in total. The Morgan fingerprint density at radius 3 is 2.48 bits per heavy atom. The van der Waals surface area contributed by atoms with Gasteiger partial charge in [-0.3, -0.25) is 9.36 Å². The molecule has 33 heavy (non-hydrogen) atoms. The number of aromatic nitrogens is 3. The number of ether oxygens (including phenoxy) is 1. The SMILES string of the molecule is COC(=O)c1c(-c2ccc(C)cc2)csc1NC(=O)CSc1nnc(C)n1-c1ccccc1. The van der Waals surface area contributed by atoms with Crippen LogP contribution < -0.4 is 5.32 Å². The molecule has 0 aliphatic heterocycles. The highest BCUT2D eigenvalue weighted by atomic mass is 32.2. The zero-order chi connectivity index (χ0) is 23.4. The largest absolute Gasteiger partial charge is 0.465 e. The van der Waals surface area contributed by atoms with E-state index < -0.39 is 5.97 Å². The predicted molar refractivity (Wildman–Crippen MR) is 131 cm³/mol. The van der Waals surface area contributed by atoms with Crippen LogP contribution >= 0.6 is 23.1 Å². The van der Waals surface area contributed by atoms with Gasteiger partial charge in [0, 0.05) is 16.6 Å². The van der Waals surface area contributed by atoms with Crippen LogP contribution in [-0.4, -0.2) is 39.5 Å². The molecule has 2 aromatic heterocycles. The highest BCUT2D eigenvalue weighted by molar-refractivity contribution is 7.99. The van der Waals surface area contributed by atoms with Gasteiger partial charge in [-0.1, -0.05) is 59.8 Å². The molecule has 0 aliphatic carbocycles. The number of amides is 1. The molecule has 0 saturated carbocycles. The zero-order valence-corrected chi connectivity index (χ0v) is 20.0. The van der Waals surface area contributed by atoms with Crippen LogP contribution in [0.15, 0.2) is 65.1 Å². The molecule has 168 valence electrons. The summed E-state index contributed by atoms with van der Waals surface area (Å²) in [5.41, 5.74) is 4.02. The van der Waals surface area contributed by atoms with E-state index in [2.05, 4.69) is 15.5 Å². The molecule has 0 bridgehead atoms. The number of thioether (sulfide) groups is 1. The Morgan fingerprint density at radius 1 is 1.06 bits per heavy atom. The molecule has 9 heteroatoms. The fourth-order valence-corrected chi connectivity index (χ4v) is 5.07. The Labute approximate surface area is 199 Å². The van der Waals surface area contributed by atoms with E-state index in [-0.39, 0.29) is 11.7 Å². The average Bonchev–Trinajstić information content (AvgIpc) is 3.41. The van der Waals surface area contributed by atoms with Crippen molar-refractivity contribution >= 4 is 40.0 Å². The van der Waals surface area contributed by atoms with Crippen molar-refractivity contribution < 1.29 is 14.3 Å². The van der Waals surface area contributed by atoms with E-state index in [9.17, 15) is 9.59 Å². The Bertz CT molecular complexity index is 1280. The molecule has 0 fully saturated rings. The summed E-state index contributed by atoms with van der Waals surface area (Å²) in [6.07, 6.45) is 0. The molecule has 1 amide bonds. The first-order valence-electron chi connectivity index (χ1n) is 10.1.